The molecule has 0 spiro atoms. The first-order valence-corrected chi connectivity index (χ1v) is 5.92. The summed E-state index contributed by atoms with van der Waals surface area (Å²) in [6, 6.07) is 3.70. The maximum Gasteiger partial charge on any atom is 0.271 e. The normalized spacial score (nSPS) is 12.4. The first-order chi connectivity index (χ1) is 9.18. The van der Waals surface area contributed by atoms with Crippen LogP contribution in [0.1, 0.15) is 22.3 Å². The van der Waals surface area contributed by atoms with E-state index in [9.17, 15) is 4.79 Å². The van der Waals surface area contributed by atoms with Gasteiger partial charge in [0.1, 0.15) is 11.5 Å². The van der Waals surface area contributed by atoms with Crippen molar-refractivity contribution in [3.63, 3.8) is 0 Å². The smallest absolute Gasteiger partial charge is 0.271 e. The van der Waals surface area contributed by atoms with Gasteiger partial charge < -0.3 is 9.73 Å². The monoisotopic (exact) mass is 260 g/mol. The van der Waals surface area contributed by atoms with Crippen molar-refractivity contribution in [1.29, 1.82) is 0 Å². The lowest BCUT2D eigenvalue weighted by Crippen LogP contribution is -2.34. The Bertz CT molecular complexity index is 511. The molecule has 6 nitrogen and oxygen atoms in total. The van der Waals surface area contributed by atoms with E-state index in [0.717, 1.165) is 5.76 Å². The van der Waals surface area contributed by atoms with Crippen molar-refractivity contribution in [3.05, 3.63) is 48.4 Å². The quantitative estimate of drug-likeness (QED) is 0.871. The molecule has 0 radical (unpaired) electrons. The summed E-state index contributed by atoms with van der Waals surface area (Å²) in [6.45, 7) is 0.440. The highest BCUT2D eigenvalue weighted by molar-refractivity contribution is 5.91. The second-order valence-electron chi connectivity index (χ2n) is 4.30. The number of nitrogens with one attached hydrogen (secondary N) is 1. The molecule has 100 valence electrons. The maximum absolute atomic E-state index is 11.9. The largest absolute Gasteiger partial charge is 0.468 e. The van der Waals surface area contributed by atoms with Crippen LogP contribution in [-0.4, -0.2) is 41.4 Å². The zero-order valence-corrected chi connectivity index (χ0v) is 10.9. The summed E-state index contributed by atoms with van der Waals surface area (Å²) in [6.07, 6.45) is 6.08. The van der Waals surface area contributed by atoms with Crippen LogP contribution in [0.5, 0.6) is 0 Å². The first kappa shape index (κ1) is 13.2. The summed E-state index contributed by atoms with van der Waals surface area (Å²) in [7, 11) is 3.86. The molecular formula is C13H16N4O2. The van der Waals surface area contributed by atoms with Crippen LogP contribution in [0, 0.1) is 0 Å². The van der Waals surface area contributed by atoms with E-state index in [4.69, 9.17) is 4.42 Å². The second kappa shape index (κ2) is 6.10. The van der Waals surface area contributed by atoms with Crippen LogP contribution in [0.15, 0.2) is 41.4 Å². The van der Waals surface area contributed by atoms with E-state index in [-0.39, 0.29) is 11.9 Å². The van der Waals surface area contributed by atoms with Crippen molar-refractivity contribution < 1.29 is 9.21 Å². The standard InChI is InChI=1S/C13H16N4O2/c1-17(2)11(12-4-3-7-19-12)9-16-13(18)10-8-14-5-6-15-10/h3-8,11H,9H2,1-2H3,(H,16,18). The van der Waals surface area contributed by atoms with Crippen LogP contribution in [0.3, 0.4) is 0 Å². The predicted octanol–water partition coefficient (Wildman–Crippen LogP) is 1.10. The molecule has 6 heteroatoms. The Morgan fingerprint density at radius 2 is 2.32 bits per heavy atom. The number of amides is 1. The van der Waals surface area contributed by atoms with Crippen LogP contribution >= 0.6 is 0 Å². The van der Waals surface area contributed by atoms with Crippen LogP contribution < -0.4 is 5.32 Å². The summed E-state index contributed by atoms with van der Waals surface area (Å²) in [4.78, 5) is 21.7. The summed E-state index contributed by atoms with van der Waals surface area (Å²) < 4.78 is 5.37. The Hall–Kier alpha value is -2.21. The zero-order valence-electron chi connectivity index (χ0n) is 10.9. The van der Waals surface area contributed by atoms with Gasteiger partial charge in [0.2, 0.25) is 0 Å². The number of hydrogen-bond donors (Lipinski definition) is 1. The maximum atomic E-state index is 11.9. The molecule has 1 amide bonds. The lowest BCUT2D eigenvalue weighted by atomic mass is 10.2. The highest BCUT2D eigenvalue weighted by Crippen LogP contribution is 2.17. The van der Waals surface area contributed by atoms with Crippen LogP contribution in [0.25, 0.3) is 0 Å². The van der Waals surface area contributed by atoms with E-state index < -0.39 is 0 Å². The SMILES string of the molecule is CN(C)C(CNC(=O)c1cnccn1)c1ccco1. The van der Waals surface area contributed by atoms with Crippen molar-refractivity contribution in [2.75, 3.05) is 20.6 Å². The van der Waals surface area contributed by atoms with E-state index >= 15 is 0 Å². The summed E-state index contributed by atoms with van der Waals surface area (Å²) >= 11 is 0. The fourth-order valence-corrected chi connectivity index (χ4v) is 1.71. The number of nitrogens with zero attached hydrogens (tertiary/aromatic N) is 3. The van der Waals surface area contributed by atoms with Gasteiger partial charge in [-0.05, 0) is 26.2 Å². The van der Waals surface area contributed by atoms with Crippen LogP contribution in [0.4, 0.5) is 0 Å². The predicted molar refractivity (Wildman–Crippen MR) is 69.5 cm³/mol. The molecule has 0 saturated carbocycles. The number of hydrogen-bond acceptors (Lipinski definition) is 5. The molecule has 2 rings (SSSR count). The molecule has 2 aromatic heterocycles. The minimum absolute atomic E-state index is 0.0179. The van der Waals surface area contributed by atoms with Gasteiger partial charge in [-0.1, -0.05) is 0 Å². The number of aromatic nitrogens is 2. The van der Waals surface area contributed by atoms with Crippen molar-refractivity contribution >= 4 is 5.91 Å². The van der Waals surface area contributed by atoms with Crippen molar-refractivity contribution in [1.82, 2.24) is 20.2 Å². The van der Waals surface area contributed by atoms with Gasteiger partial charge in [0.05, 0.1) is 18.5 Å². The average Bonchev–Trinajstić information content (AvgIpc) is 2.93. The fraction of sp³-hybridized carbons (Fsp3) is 0.308. The minimum Gasteiger partial charge on any atom is -0.468 e. The number of likely N-dealkylation sites (N-methyl/N-ethyl adjacent to an activating group) is 1. The topological polar surface area (TPSA) is 71.3 Å². The van der Waals surface area contributed by atoms with Gasteiger partial charge in [0.25, 0.3) is 5.91 Å². The molecule has 1 N–H and O–H groups in total. The lowest BCUT2D eigenvalue weighted by Gasteiger charge is -2.22. The third-order valence-corrected chi connectivity index (χ3v) is 2.75. The summed E-state index contributed by atoms with van der Waals surface area (Å²) in [5.41, 5.74) is 0.305. The Balaban J connectivity index is 1.98. The number of furan rings is 1. The molecule has 0 bridgehead atoms. The second-order valence-corrected chi connectivity index (χ2v) is 4.30. The van der Waals surface area contributed by atoms with Crippen LogP contribution in [0.2, 0.25) is 0 Å². The molecule has 1 unspecified atom stereocenters. The molecule has 0 aliphatic rings. The van der Waals surface area contributed by atoms with Gasteiger partial charge in [-0.2, -0.15) is 0 Å². The third-order valence-electron chi connectivity index (χ3n) is 2.75. The highest BCUT2D eigenvalue weighted by atomic mass is 16.3. The van der Waals surface area contributed by atoms with Gasteiger partial charge in [0, 0.05) is 18.9 Å². The summed E-state index contributed by atoms with van der Waals surface area (Å²) in [5.74, 6) is 0.566. The molecule has 0 aliphatic heterocycles. The fourth-order valence-electron chi connectivity index (χ4n) is 1.71. The summed E-state index contributed by atoms with van der Waals surface area (Å²) in [5, 5.41) is 2.83. The Kier molecular flexibility index (Phi) is 4.25. The Labute approximate surface area is 111 Å². The van der Waals surface area contributed by atoms with Crippen molar-refractivity contribution in [2.24, 2.45) is 0 Å². The van der Waals surface area contributed by atoms with Gasteiger partial charge in [-0.15, -0.1) is 0 Å². The first-order valence-electron chi connectivity index (χ1n) is 5.92. The third kappa shape index (κ3) is 3.38. The molecule has 0 aliphatic carbocycles. The van der Waals surface area contributed by atoms with E-state index in [1.54, 1.807) is 6.26 Å². The van der Waals surface area contributed by atoms with Gasteiger partial charge >= 0.3 is 0 Å². The Morgan fingerprint density at radius 1 is 1.47 bits per heavy atom. The number of carbonyl (C=O) groups is 1. The lowest BCUT2D eigenvalue weighted by molar-refractivity contribution is 0.0933. The van der Waals surface area contributed by atoms with Gasteiger partial charge in [-0.3, -0.25) is 14.7 Å². The van der Waals surface area contributed by atoms with Gasteiger partial charge in [-0.25, -0.2) is 4.98 Å². The minimum atomic E-state index is -0.244. The van der Waals surface area contributed by atoms with Crippen molar-refractivity contribution in [3.8, 4) is 0 Å². The molecule has 2 heterocycles. The number of rotatable bonds is 5. The van der Waals surface area contributed by atoms with Crippen LogP contribution in [-0.2, 0) is 0 Å². The van der Waals surface area contributed by atoms with Crippen molar-refractivity contribution in [2.45, 2.75) is 6.04 Å². The molecule has 0 fully saturated rings. The Morgan fingerprint density at radius 3 is 2.89 bits per heavy atom. The zero-order chi connectivity index (χ0) is 13.7. The van der Waals surface area contributed by atoms with E-state index in [1.807, 2.05) is 31.1 Å². The van der Waals surface area contributed by atoms with E-state index in [1.165, 1.54) is 18.6 Å². The van der Waals surface area contributed by atoms with E-state index in [2.05, 4.69) is 15.3 Å². The number of carbonyl (C=O) groups excluding carboxylic acids is 1. The molecular weight excluding hydrogens is 244 g/mol. The molecule has 0 aromatic carbocycles. The molecule has 1 atom stereocenters. The van der Waals surface area contributed by atoms with E-state index in [0.29, 0.717) is 12.2 Å². The molecule has 19 heavy (non-hydrogen) atoms. The molecule has 2 aromatic rings. The molecule has 0 saturated heterocycles. The van der Waals surface area contributed by atoms with Gasteiger partial charge in [0.15, 0.2) is 0 Å². The highest BCUT2D eigenvalue weighted by Gasteiger charge is 2.18. The average molecular weight is 260 g/mol.